The van der Waals surface area contributed by atoms with Crippen molar-refractivity contribution < 1.29 is 4.79 Å². The third-order valence-corrected chi connectivity index (χ3v) is 4.42. The Morgan fingerprint density at radius 2 is 2.00 bits per heavy atom. The molecule has 110 valence electrons. The second-order valence-corrected chi connectivity index (χ2v) is 9.08. The predicted molar refractivity (Wildman–Crippen MR) is 88.8 cm³/mol. The van der Waals surface area contributed by atoms with E-state index in [0.29, 0.717) is 5.92 Å². The standard InChI is InChI=1S/C17H24BrNO/c1-11-7-8-13-12(2)10-16(3,4)19(14(13)9-11)15(20)17(5,6)18/h7-9,12H,10H2,1-6H3/t12-/m0/s1. The fourth-order valence-corrected chi connectivity index (χ4v) is 3.37. The van der Waals surface area contributed by atoms with Gasteiger partial charge in [0.25, 0.3) is 0 Å². The van der Waals surface area contributed by atoms with E-state index >= 15 is 0 Å². The molecule has 0 aliphatic carbocycles. The molecule has 0 N–H and O–H groups in total. The minimum absolute atomic E-state index is 0.126. The smallest absolute Gasteiger partial charge is 0.243 e. The van der Waals surface area contributed by atoms with Crippen LogP contribution in [-0.4, -0.2) is 15.8 Å². The normalized spacial score (nSPS) is 21.6. The van der Waals surface area contributed by atoms with E-state index in [0.717, 1.165) is 12.1 Å². The van der Waals surface area contributed by atoms with Gasteiger partial charge in [0.2, 0.25) is 5.91 Å². The highest BCUT2D eigenvalue weighted by Crippen LogP contribution is 2.45. The van der Waals surface area contributed by atoms with Crippen molar-refractivity contribution >= 4 is 27.5 Å². The number of benzene rings is 1. The first-order chi connectivity index (χ1) is 9.04. The van der Waals surface area contributed by atoms with Crippen LogP contribution in [0.5, 0.6) is 0 Å². The maximum Gasteiger partial charge on any atom is 0.243 e. The Bertz CT molecular complexity index is 542. The average molecular weight is 338 g/mol. The number of carbonyl (C=O) groups excluding carboxylic acids is 1. The number of anilines is 1. The van der Waals surface area contributed by atoms with E-state index in [1.165, 1.54) is 11.1 Å². The van der Waals surface area contributed by atoms with Crippen molar-refractivity contribution in [2.75, 3.05) is 4.90 Å². The van der Waals surface area contributed by atoms with Gasteiger partial charge in [-0.15, -0.1) is 0 Å². The van der Waals surface area contributed by atoms with Crippen LogP contribution in [0.1, 0.15) is 58.1 Å². The van der Waals surface area contributed by atoms with Gasteiger partial charge in [0, 0.05) is 11.2 Å². The van der Waals surface area contributed by atoms with E-state index < -0.39 is 4.32 Å². The number of aryl methyl sites for hydroxylation is 1. The lowest BCUT2D eigenvalue weighted by molar-refractivity contribution is -0.121. The number of fused-ring (bicyclic) bond motifs is 1. The Morgan fingerprint density at radius 1 is 1.40 bits per heavy atom. The zero-order valence-corrected chi connectivity index (χ0v) is 14.8. The molecule has 1 aliphatic rings. The van der Waals surface area contributed by atoms with Crippen LogP contribution in [-0.2, 0) is 4.79 Å². The van der Waals surface area contributed by atoms with Crippen molar-refractivity contribution in [3.05, 3.63) is 29.3 Å². The van der Waals surface area contributed by atoms with Crippen LogP contribution in [0.3, 0.4) is 0 Å². The maximum absolute atomic E-state index is 12.9. The monoisotopic (exact) mass is 337 g/mol. The Hall–Kier alpha value is -0.830. The molecular weight excluding hydrogens is 314 g/mol. The first-order valence-electron chi connectivity index (χ1n) is 7.18. The Kier molecular flexibility index (Phi) is 3.79. The second-order valence-electron chi connectivity index (χ2n) is 7.09. The summed E-state index contributed by atoms with van der Waals surface area (Å²) >= 11 is 3.53. The summed E-state index contributed by atoms with van der Waals surface area (Å²) in [4.78, 5) is 14.9. The molecular formula is C17H24BrNO. The maximum atomic E-state index is 12.9. The Balaban J connectivity index is 2.62. The first-order valence-corrected chi connectivity index (χ1v) is 7.97. The summed E-state index contributed by atoms with van der Waals surface area (Å²) in [6.07, 6.45) is 0.984. The fourth-order valence-electron chi connectivity index (χ4n) is 3.19. The van der Waals surface area contributed by atoms with Gasteiger partial charge in [-0.3, -0.25) is 4.79 Å². The minimum atomic E-state index is -0.550. The Morgan fingerprint density at radius 3 is 2.55 bits per heavy atom. The lowest BCUT2D eigenvalue weighted by atomic mass is 9.79. The van der Waals surface area contributed by atoms with Gasteiger partial charge >= 0.3 is 0 Å². The number of nitrogens with zero attached hydrogens (tertiary/aromatic N) is 1. The molecule has 1 amide bonds. The molecule has 1 atom stereocenters. The number of halogens is 1. The number of hydrogen-bond donors (Lipinski definition) is 0. The molecule has 2 nitrogen and oxygen atoms in total. The van der Waals surface area contributed by atoms with Gasteiger partial charge in [-0.1, -0.05) is 35.0 Å². The third-order valence-electron chi connectivity index (χ3n) is 4.08. The molecule has 0 fully saturated rings. The summed E-state index contributed by atoms with van der Waals surface area (Å²) in [6, 6.07) is 6.45. The van der Waals surface area contributed by atoms with Crippen LogP contribution in [0.2, 0.25) is 0 Å². The molecule has 1 aromatic carbocycles. The van der Waals surface area contributed by atoms with Gasteiger partial charge < -0.3 is 4.90 Å². The molecule has 1 aromatic rings. The molecule has 0 aromatic heterocycles. The molecule has 0 radical (unpaired) electrons. The van der Waals surface area contributed by atoms with Gasteiger partial charge in [-0.25, -0.2) is 0 Å². The van der Waals surface area contributed by atoms with Crippen molar-refractivity contribution in [3.63, 3.8) is 0 Å². The van der Waals surface area contributed by atoms with E-state index in [1.54, 1.807) is 0 Å². The topological polar surface area (TPSA) is 20.3 Å². The van der Waals surface area contributed by atoms with Crippen molar-refractivity contribution in [3.8, 4) is 0 Å². The van der Waals surface area contributed by atoms with Crippen LogP contribution in [0.15, 0.2) is 18.2 Å². The highest BCUT2D eigenvalue weighted by molar-refractivity contribution is 9.10. The molecule has 0 unspecified atom stereocenters. The number of rotatable bonds is 1. The summed E-state index contributed by atoms with van der Waals surface area (Å²) in [5.74, 6) is 0.601. The number of carbonyl (C=O) groups is 1. The van der Waals surface area contributed by atoms with Gasteiger partial charge in [0.05, 0.1) is 4.32 Å². The highest BCUT2D eigenvalue weighted by Gasteiger charge is 2.43. The first kappa shape index (κ1) is 15.6. The lowest BCUT2D eigenvalue weighted by Crippen LogP contribution is -2.56. The van der Waals surface area contributed by atoms with Gasteiger partial charge in [-0.05, 0) is 64.2 Å². The third kappa shape index (κ3) is 2.65. The molecule has 1 heterocycles. The van der Waals surface area contributed by atoms with E-state index in [4.69, 9.17) is 0 Å². The van der Waals surface area contributed by atoms with E-state index in [-0.39, 0.29) is 11.4 Å². The lowest BCUT2D eigenvalue weighted by Gasteiger charge is -2.47. The van der Waals surface area contributed by atoms with Gasteiger partial charge in [0.1, 0.15) is 0 Å². The second kappa shape index (κ2) is 4.87. The number of hydrogen-bond acceptors (Lipinski definition) is 1. The van der Waals surface area contributed by atoms with Crippen LogP contribution in [0.4, 0.5) is 5.69 Å². The molecule has 2 rings (SSSR count). The van der Waals surface area contributed by atoms with E-state index in [1.807, 2.05) is 18.7 Å². The average Bonchev–Trinajstić information content (AvgIpc) is 2.25. The van der Waals surface area contributed by atoms with Crippen LogP contribution in [0.25, 0.3) is 0 Å². The molecule has 20 heavy (non-hydrogen) atoms. The number of alkyl halides is 1. The van der Waals surface area contributed by atoms with Crippen LogP contribution >= 0.6 is 15.9 Å². The molecule has 3 heteroatoms. The van der Waals surface area contributed by atoms with Gasteiger partial charge in [0.15, 0.2) is 0 Å². The fraction of sp³-hybridized carbons (Fsp3) is 0.588. The zero-order valence-electron chi connectivity index (χ0n) is 13.2. The molecule has 0 bridgehead atoms. The SMILES string of the molecule is Cc1ccc2c(c1)N(C(=O)C(C)(C)Br)C(C)(C)C[C@@H]2C. The molecule has 0 saturated heterocycles. The minimum Gasteiger partial charge on any atom is -0.305 e. The van der Waals surface area contributed by atoms with Crippen LogP contribution < -0.4 is 4.90 Å². The molecule has 0 spiro atoms. The van der Waals surface area contributed by atoms with Crippen molar-refractivity contribution in [2.24, 2.45) is 0 Å². The quantitative estimate of drug-likeness (QED) is 0.675. The van der Waals surface area contributed by atoms with Gasteiger partial charge in [-0.2, -0.15) is 0 Å². The molecule has 0 saturated carbocycles. The molecule has 1 aliphatic heterocycles. The number of amides is 1. The summed E-state index contributed by atoms with van der Waals surface area (Å²) in [5.41, 5.74) is 3.38. The summed E-state index contributed by atoms with van der Waals surface area (Å²) in [5, 5.41) is 0. The summed E-state index contributed by atoms with van der Waals surface area (Å²) in [6.45, 7) is 12.5. The predicted octanol–water partition coefficient (Wildman–Crippen LogP) is 4.79. The zero-order chi connectivity index (χ0) is 15.3. The van der Waals surface area contributed by atoms with Crippen molar-refractivity contribution in [2.45, 2.75) is 63.7 Å². The summed E-state index contributed by atoms with van der Waals surface area (Å²) in [7, 11) is 0. The van der Waals surface area contributed by atoms with E-state index in [9.17, 15) is 4.79 Å². The Labute approximate surface area is 130 Å². The van der Waals surface area contributed by atoms with Crippen molar-refractivity contribution in [1.82, 2.24) is 0 Å². The van der Waals surface area contributed by atoms with Crippen LogP contribution in [0, 0.1) is 6.92 Å². The summed E-state index contributed by atoms with van der Waals surface area (Å²) < 4.78 is -0.550. The highest BCUT2D eigenvalue weighted by atomic mass is 79.9. The van der Waals surface area contributed by atoms with E-state index in [2.05, 4.69) is 61.8 Å². The van der Waals surface area contributed by atoms with Crippen molar-refractivity contribution in [1.29, 1.82) is 0 Å². The largest absolute Gasteiger partial charge is 0.305 e.